The van der Waals surface area contributed by atoms with Gasteiger partial charge >= 0.3 is 0 Å². The highest BCUT2D eigenvalue weighted by Crippen LogP contribution is 2.25. The monoisotopic (exact) mass is 454 g/mol. The third-order valence-electron chi connectivity index (χ3n) is 4.72. The molecule has 0 heterocycles. The zero-order chi connectivity index (χ0) is 23.1. The van der Waals surface area contributed by atoms with Gasteiger partial charge in [0.25, 0.3) is 15.9 Å². The molecule has 0 aliphatic heterocycles. The highest BCUT2D eigenvalue weighted by molar-refractivity contribution is 7.92. The lowest BCUT2D eigenvalue weighted by Gasteiger charge is -2.13. The van der Waals surface area contributed by atoms with E-state index < -0.39 is 10.0 Å². The molecule has 0 aliphatic rings. The van der Waals surface area contributed by atoms with Crippen LogP contribution in [0.1, 0.15) is 21.5 Å². The van der Waals surface area contributed by atoms with Gasteiger partial charge in [-0.1, -0.05) is 30.3 Å². The van der Waals surface area contributed by atoms with E-state index >= 15 is 0 Å². The van der Waals surface area contributed by atoms with E-state index in [1.165, 1.54) is 6.07 Å². The van der Waals surface area contributed by atoms with Gasteiger partial charge in [-0.05, 0) is 61.4 Å². The van der Waals surface area contributed by atoms with Crippen molar-refractivity contribution in [1.82, 2.24) is 5.32 Å². The van der Waals surface area contributed by atoms with Gasteiger partial charge in [-0.3, -0.25) is 9.52 Å². The molecule has 32 heavy (non-hydrogen) atoms. The van der Waals surface area contributed by atoms with Crippen molar-refractivity contribution in [3.05, 3.63) is 83.4 Å². The maximum Gasteiger partial charge on any atom is 0.262 e. The third-order valence-corrected chi connectivity index (χ3v) is 6.25. The van der Waals surface area contributed by atoms with Crippen LogP contribution in [0.4, 0.5) is 5.69 Å². The van der Waals surface area contributed by atoms with Crippen LogP contribution in [0, 0.1) is 13.8 Å². The van der Waals surface area contributed by atoms with Crippen LogP contribution >= 0.6 is 0 Å². The molecule has 0 bridgehead atoms. The number of rotatable bonds is 9. The average Bonchev–Trinajstić information content (AvgIpc) is 2.76. The van der Waals surface area contributed by atoms with Gasteiger partial charge in [0.05, 0.1) is 18.6 Å². The Morgan fingerprint density at radius 3 is 2.41 bits per heavy atom. The highest BCUT2D eigenvalue weighted by Gasteiger charge is 2.19. The molecule has 0 saturated carbocycles. The molecule has 168 valence electrons. The minimum absolute atomic E-state index is 0.0527. The number of ether oxygens (including phenoxy) is 2. The molecule has 3 rings (SSSR count). The summed E-state index contributed by atoms with van der Waals surface area (Å²) in [5.74, 6) is 0.795. The molecule has 0 saturated heterocycles. The molecule has 1 amide bonds. The second-order valence-electron chi connectivity index (χ2n) is 7.21. The van der Waals surface area contributed by atoms with Gasteiger partial charge < -0.3 is 14.8 Å². The second-order valence-corrected chi connectivity index (χ2v) is 8.86. The first-order valence-corrected chi connectivity index (χ1v) is 11.5. The van der Waals surface area contributed by atoms with Crippen LogP contribution in [-0.4, -0.2) is 34.6 Å². The number of benzene rings is 3. The van der Waals surface area contributed by atoms with Crippen molar-refractivity contribution in [2.45, 2.75) is 18.7 Å². The van der Waals surface area contributed by atoms with Crippen molar-refractivity contribution in [2.75, 3.05) is 25.0 Å². The van der Waals surface area contributed by atoms with E-state index in [9.17, 15) is 13.2 Å². The van der Waals surface area contributed by atoms with Crippen molar-refractivity contribution in [2.24, 2.45) is 0 Å². The largest absolute Gasteiger partial charge is 0.493 e. The Morgan fingerprint density at radius 2 is 1.69 bits per heavy atom. The normalized spacial score (nSPS) is 11.0. The number of para-hydroxylation sites is 2. The summed E-state index contributed by atoms with van der Waals surface area (Å²) in [6.07, 6.45) is 0. The van der Waals surface area contributed by atoms with Gasteiger partial charge in [0, 0.05) is 11.3 Å². The molecule has 8 heteroatoms. The number of amides is 1. The number of hydrogen-bond donors (Lipinski definition) is 2. The predicted molar refractivity (Wildman–Crippen MR) is 124 cm³/mol. The van der Waals surface area contributed by atoms with Crippen LogP contribution < -0.4 is 19.5 Å². The Kier molecular flexibility index (Phi) is 7.37. The topological polar surface area (TPSA) is 93.7 Å². The van der Waals surface area contributed by atoms with E-state index in [1.807, 2.05) is 25.1 Å². The van der Waals surface area contributed by atoms with Gasteiger partial charge in [-0.15, -0.1) is 0 Å². The van der Waals surface area contributed by atoms with Crippen molar-refractivity contribution in [3.8, 4) is 11.5 Å². The first kappa shape index (κ1) is 23.1. The summed E-state index contributed by atoms with van der Waals surface area (Å²) < 4.78 is 39.3. The summed E-state index contributed by atoms with van der Waals surface area (Å²) in [5, 5.41) is 2.74. The van der Waals surface area contributed by atoms with Crippen molar-refractivity contribution < 1.29 is 22.7 Å². The highest BCUT2D eigenvalue weighted by atomic mass is 32.2. The number of nitrogens with one attached hydrogen (secondary N) is 2. The molecule has 0 aliphatic carbocycles. The minimum atomic E-state index is -3.85. The van der Waals surface area contributed by atoms with E-state index in [-0.39, 0.29) is 29.5 Å². The Morgan fingerprint density at radius 1 is 0.938 bits per heavy atom. The quantitative estimate of drug-likeness (QED) is 0.478. The molecule has 0 atom stereocenters. The number of carbonyl (C=O) groups excluding carboxylic acids is 1. The molecular formula is C24H26N2O5S. The molecule has 0 unspecified atom stereocenters. The first-order chi connectivity index (χ1) is 15.3. The van der Waals surface area contributed by atoms with Crippen LogP contribution in [0.2, 0.25) is 0 Å². The summed E-state index contributed by atoms with van der Waals surface area (Å²) in [4.78, 5) is 12.6. The predicted octanol–water partition coefficient (Wildman–Crippen LogP) is 3.92. The molecule has 0 aromatic heterocycles. The Bertz CT molecular complexity index is 1210. The second kappa shape index (κ2) is 10.2. The maximum absolute atomic E-state index is 12.9. The molecule has 3 aromatic rings. The van der Waals surface area contributed by atoms with Gasteiger partial charge in [-0.25, -0.2) is 8.42 Å². The summed E-state index contributed by atoms with van der Waals surface area (Å²) in [6, 6.07) is 18.9. The van der Waals surface area contributed by atoms with Crippen LogP contribution in [-0.2, 0) is 10.0 Å². The van der Waals surface area contributed by atoms with Crippen LogP contribution in [0.15, 0.2) is 71.6 Å². The third kappa shape index (κ3) is 5.79. The number of aryl methyl sites for hydroxylation is 2. The molecule has 0 fully saturated rings. The van der Waals surface area contributed by atoms with Crippen molar-refractivity contribution in [3.63, 3.8) is 0 Å². The molecular weight excluding hydrogens is 428 g/mol. The number of anilines is 1. The van der Waals surface area contributed by atoms with Gasteiger partial charge in [0.1, 0.15) is 6.61 Å². The number of sulfonamides is 1. The summed E-state index contributed by atoms with van der Waals surface area (Å²) in [7, 11) is -2.30. The fourth-order valence-electron chi connectivity index (χ4n) is 3.12. The Labute approximate surface area is 188 Å². The molecule has 2 N–H and O–H groups in total. The number of hydrogen-bond acceptors (Lipinski definition) is 5. The fraction of sp³-hybridized carbons (Fsp3) is 0.208. The molecule has 0 radical (unpaired) electrons. The van der Waals surface area contributed by atoms with E-state index in [0.29, 0.717) is 22.7 Å². The van der Waals surface area contributed by atoms with Crippen LogP contribution in [0.5, 0.6) is 11.5 Å². The molecule has 0 spiro atoms. The lowest BCUT2D eigenvalue weighted by atomic mass is 10.1. The van der Waals surface area contributed by atoms with E-state index in [1.54, 1.807) is 56.5 Å². The lowest BCUT2D eigenvalue weighted by Crippen LogP contribution is -2.28. The molecule has 7 nitrogen and oxygen atoms in total. The smallest absolute Gasteiger partial charge is 0.262 e. The standard InChI is InChI=1S/C24H26N2O5S/c1-17-7-6-8-20(15-17)26-32(28,29)23-16-19(12-11-18(23)2)24(27)25-13-14-31-22-10-5-4-9-21(22)30-3/h4-12,15-16,26H,13-14H2,1-3H3,(H,25,27). The van der Waals surface area contributed by atoms with Gasteiger partial charge in [0.15, 0.2) is 11.5 Å². The van der Waals surface area contributed by atoms with E-state index in [2.05, 4.69) is 10.0 Å². The SMILES string of the molecule is COc1ccccc1OCCNC(=O)c1ccc(C)c(S(=O)(=O)Nc2cccc(C)c2)c1. The Hall–Kier alpha value is -3.52. The molecule has 3 aromatic carbocycles. The van der Waals surface area contributed by atoms with Crippen molar-refractivity contribution >= 4 is 21.6 Å². The van der Waals surface area contributed by atoms with Crippen LogP contribution in [0.25, 0.3) is 0 Å². The lowest BCUT2D eigenvalue weighted by molar-refractivity contribution is 0.0946. The summed E-state index contributed by atoms with van der Waals surface area (Å²) >= 11 is 0. The zero-order valence-corrected chi connectivity index (χ0v) is 19.0. The maximum atomic E-state index is 12.9. The average molecular weight is 455 g/mol. The van der Waals surface area contributed by atoms with Gasteiger partial charge in [-0.2, -0.15) is 0 Å². The van der Waals surface area contributed by atoms with Crippen LogP contribution in [0.3, 0.4) is 0 Å². The van der Waals surface area contributed by atoms with E-state index in [4.69, 9.17) is 9.47 Å². The first-order valence-electron chi connectivity index (χ1n) is 10.0. The van der Waals surface area contributed by atoms with Gasteiger partial charge in [0.2, 0.25) is 0 Å². The summed E-state index contributed by atoms with van der Waals surface area (Å²) in [6.45, 7) is 4.05. The zero-order valence-electron chi connectivity index (χ0n) is 18.2. The summed E-state index contributed by atoms with van der Waals surface area (Å²) in [5.41, 5.74) is 2.19. The Balaban J connectivity index is 1.66. The minimum Gasteiger partial charge on any atom is -0.493 e. The fourth-order valence-corrected chi connectivity index (χ4v) is 4.44. The number of methoxy groups -OCH3 is 1. The van der Waals surface area contributed by atoms with Crippen molar-refractivity contribution in [1.29, 1.82) is 0 Å². The number of carbonyl (C=O) groups is 1. The van der Waals surface area contributed by atoms with E-state index in [0.717, 1.165) is 5.56 Å².